The van der Waals surface area contributed by atoms with Crippen molar-refractivity contribution >= 4 is 27.6 Å². The van der Waals surface area contributed by atoms with Crippen LogP contribution in [0.15, 0.2) is 16.6 Å². The zero-order valence-corrected chi connectivity index (χ0v) is 8.12. The van der Waals surface area contributed by atoms with Crippen LogP contribution in [-0.2, 0) is 0 Å². The van der Waals surface area contributed by atoms with Crippen molar-refractivity contribution in [3.05, 3.63) is 38.1 Å². The van der Waals surface area contributed by atoms with Gasteiger partial charge in [-0.15, -0.1) is 0 Å². The first-order valence-corrected chi connectivity index (χ1v) is 4.09. The van der Waals surface area contributed by atoms with Crippen molar-refractivity contribution in [2.75, 3.05) is 0 Å². The van der Waals surface area contributed by atoms with Crippen LogP contribution in [0.5, 0.6) is 0 Å². The van der Waals surface area contributed by atoms with Crippen molar-refractivity contribution in [1.82, 2.24) is 0 Å². The van der Waals surface area contributed by atoms with Crippen molar-refractivity contribution in [1.29, 1.82) is 0 Å². The Kier molecular flexibility index (Phi) is 2.80. The van der Waals surface area contributed by atoms with Crippen LogP contribution in [0.4, 0.5) is 10.1 Å². The molecular formula is C7H3BrFNO4. The smallest absolute Gasteiger partial charge is 0.338 e. The molecule has 5 nitrogen and oxygen atoms in total. The molecule has 1 rings (SSSR count). The molecule has 0 aliphatic carbocycles. The summed E-state index contributed by atoms with van der Waals surface area (Å²) in [5.41, 5.74) is -1.59. The van der Waals surface area contributed by atoms with Gasteiger partial charge in [-0.25, -0.2) is 4.79 Å². The predicted octanol–water partition coefficient (Wildman–Crippen LogP) is 2.19. The van der Waals surface area contributed by atoms with Gasteiger partial charge >= 0.3 is 11.7 Å². The molecule has 0 bridgehead atoms. The van der Waals surface area contributed by atoms with Crippen molar-refractivity contribution < 1.29 is 19.2 Å². The number of hydrogen-bond donors (Lipinski definition) is 1. The molecule has 14 heavy (non-hydrogen) atoms. The van der Waals surface area contributed by atoms with Gasteiger partial charge in [0, 0.05) is 10.5 Å². The minimum atomic E-state index is -1.55. The van der Waals surface area contributed by atoms with Crippen LogP contribution < -0.4 is 0 Å². The minimum Gasteiger partial charge on any atom is -0.478 e. The van der Waals surface area contributed by atoms with Gasteiger partial charge in [0.2, 0.25) is 5.82 Å². The van der Waals surface area contributed by atoms with E-state index < -0.39 is 28.0 Å². The van der Waals surface area contributed by atoms with E-state index in [9.17, 15) is 19.3 Å². The Bertz CT molecular complexity index is 385. The van der Waals surface area contributed by atoms with Gasteiger partial charge in [0.1, 0.15) is 5.56 Å². The number of benzene rings is 1. The van der Waals surface area contributed by atoms with Gasteiger partial charge in [-0.1, -0.05) is 15.9 Å². The Labute approximate surface area is 85.4 Å². The molecule has 74 valence electrons. The van der Waals surface area contributed by atoms with Gasteiger partial charge in [-0.05, 0) is 6.07 Å². The maximum absolute atomic E-state index is 13.1. The number of nitro benzene ring substituents is 1. The number of carboxylic acids is 1. The number of carboxylic acid groups (broad SMARTS) is 1. The molecule has 0 atom stereocenters. The third-order valence-electron chi connectivity index (χ3n) is 1.45. The molecular weight excluding hydrogens is 261 g/mol. The van der Waals surface area contributed by atoms with Crippen molar-refractivity contribution in [3.63, 3.8) is 0 Å². The number of nitro groups is 1. The number of aromatic carboxylic acids is 1. The second-order valence-electron chi connectivity index (χ2n) is 2.35. The van der Waals surface area contributed by atoms with Crippen LogP contribution in [0, 0.1) is 15.9 Å². The summed E-state index contributed by atoms with van der Waals surface area (Å²) in [6.45, 7) is 0. The summed E-state index contributed by atoms with van der Waals surface area (Å²) in [4.78, 5) is 19.8. The lowest BCUT2D eigenvalue weighted by atomic mass is 10.2. The second-order valence-corrected chi connectivity index (χ2v) is 3.26. The molecule has 7 heteroatoms. The van der Waals surface area contributed by atoms with Gasteiger partial charge in [0.15, 0.2) is 0 Å². The van der Waals surface area contributed by atoms with Crippen LogP contribution in [0.25, 0.3) is 0 Å². The van der Waals surface area contributed by atoms with Crippen LogP contribution >= 0.6 is 15.9 Å². The first-order chi connectivity index (χ1) is 6.43. The van der Waals surface area contributed by atoms with Crippen LogP contribution in [0.3, 0.4) is 0 Å². The molecule has 0 radical (unpaired) electrons. The van der Waals surface area contributed by atoms with E-state index in [-0.39, 0.29) is 4.47 Å². The minimum absolute atomic E-state index is 0.142. The average molecular weight is 264 g/mol. The van der Waals surface area contributed by atoms with Gasteiger partial charge in [0.25, 0.3) is 0 Å². The third-order valence-corrected chi connectivity index (χ3v) is 1.90. The lowest BCUT2D eigenvalue weighted by Gasteiger charge is -1.99. The highest BCUT2D eigenvalue weighted by Gasteiger charge is 2.22. The Morgan fingerprint density at radius 1 is 1.57 bits per heavy atom. The lowest BCUT2D eigenvalue weighted by Crippen LogP contribution is -2.04. The summed E-state index contributed by atoms with van der Waals surface area (Å²) in [5, 5.41) is 18.8. The van der Waals surface area contributed by atoms with E-state index in [1.54, 1.807) is 0 Å². The molecule has 0 saturated heterocycles. The lowest BCUT2D eigenvalue weighted by molar-refractivity contribution is -0.387. The summed E-state index contributed by atoms with van der Waals surface area (Å²) >= 11 is 2.85. The van der Waals surface area contributed by atoms with E-state index in [2.05, 4.69) is 15.9 Å². The van der Waals surface area contributed by atoms with Crippen molar-refractivity contribution in [3.8, 4) is 0 Å². The fraction of sp³-hybridized carbons (Fsp3) is 0. The highest BCUT2D eigenvalue weighted by atomic mass is 79.9. The molecule has 0 heterocycles. The molecule has 0 aliphatic rings. The first kappa shape index (κ1) is 10.6. The maximum atomic E-state index is 13.1. The standard InChI is InChI=1S/C7H3BrFNO4/c8-3-1-4(7(11)12)6(9)5(2-3)10(13)14/h1-2H,(H,11,12). The highest BCUT2D eigenvalue weighted by Crippen LogP contribution is 2.25. The number of nitrogens with zero attached hydrogens (tertiary/aromatic N) is 1. The quantitative estimate of drug-likeness (QED) is 0.655. The van der Waals surface area contributed by atoms with Gasteiger partial charge in [-0.2, -0.15) is 4.39 Å². The summed E-state index contributed by atoms with van der Waals surface area (Å²) in [6, 6.07) is 1.87. The van der Waals surface area contributed by atoms with Crippen LogP contribution in [0.1, 0.15) is 10.4 Å². The van der Waals surface area contributed by atoms with Gasteiger partial charge in [-0.3, -0.25) is 10.1 Å². The van der Waals surface area contributed by atoms with Crippen molar-refractivity contribution in [2.45, 2.75) is 0 Å². The molecule has 1 aromatic carbocycles. The summed E-state index contributed by atoms with van der Waals surface area (Å²) < 4.78 is 13.3. The fourth-order valence-corrected chi connectivity index (χ4v) is 1.31. The predicted molar refractivity (Wildman–Crippen MR) is 47.7 cm³/mol. The normalized spacial score (nSPS) is 9.86. The van der Waals surface area contributed by atoms with E-state index in [1.807, 2.05) is 0 Å². The van der Waals surface area contributed by atoms with Gasteiger partial charge < -0.3 is 5.11 Å². The molecule has 0 spiro atoms. The first-order valence-electron chi connectivity index (χ1n) is 3.30. The molecule has 0 aromatic heterocycles. The Morgan fingerprint density at radius 2 is 2.14 bits per heavy atom. The van der Waals surface area contributed by atoms with Crippen LogP contribution in [-0.4, -0.2) is 16.0 Å². The topological polar surface area (TPSA) is 80.4 Å². The highest BCUT2D eigenvalue weighted by molar-refractivity contribution is 9.10. The average Bonchev–Trinajstić information content (AvgIpc) is 2.07. The Hall–Kier alpha value is -1.50. The molecule has 0 saturated carbocycles. The summed E-state index contributed by atoms with van der Waals surface area (Å²) in [6.07, 6.45) is 0. The van der Waals surface area contributed by atoms with E-state index >= 15 is 0 Å². The Balaban J connectivity index is 3.47. The van der Waals surface area contributed by atoms with E-state index in [1.165, 1.54) is 0 Å². The Morgan fingerprint density at radius 3 is 2.57 bits per heavy atom. The molecule has 0 unspecified atom stereocenters. The van der Waals surface area contributed by atoms with E-state index in [4.69, 9.17) is 5.11 Å². The second kappa shape index (κ2) is 3.70. The third kappa shape index (κ3) is 1.87. The van der Waals surface area contributed by atoms with Crippen LogP contribution in [0.2, 0.25) is 0 Å². The van der Waals surface area contributed by atoms with E-state index in [0.717, 1.165) is 12.1 Å². The number of hydrogen-bond acceptors (Lipinski definition) is 3. The van der Waals surface area contributed by atoms with Gasteiger partial charge in [0.05, 0.1) is 4.92 Å². The zero-order valence-electron chi connectivity index (χ0n) is 6.53. The monoisotopic (exact) mass is 263 g/mol. The molecule has 1 N–H and O–H groups in total. The molecule has 0 aliphatic heterocycles. The SMILES string of the molecule is O=C(O)c1cc(Br)cc([N+](=O)[O-])c1F. The fourth-order valence-electron chi connectivity index (χ4n) is 0.863. The van der Waals surface area contributed by atoms with Crippen molar-refractivity contribution in [2.24, 2.45) is 0 Å². The molecule has 0 amide bonds. The van der Waals surface area contributed by atoms with E-state index in [0.29, 0.717) is 0 Å². The molecule has 1 aromatic rings. The zero-order chi connectivity index (χ0) is 10.9. The summed E-state index contributed by atoms with van der Waals surface area (Å²) in [7, 11) is 0. The molecule has 0 fully saturated rings. The maximum Gasteiger partial charge on any atom is 0.338 e. The number of halogens is 2. The number of carbonyl (C=O) groups is 1. The largest absolute Gasteiger partial charge is 0.478 e. The summed E-state index contributed by atoms with van der Waals surface area (Å²) in [5.74, 6) is -2.89. The number of rotatable bonds is 2.